The van der Waals surface area contributed by atoms with Gasteiger partial charge in [-0.05, 0) is 36.8 Å². The van der Waals surface area contributed by atoms with Gasteiger partial charge >= 0.3 is 6.18 Å². The average molecular weight is 359 g/mol. The fraction of sp³-hybridized carbons (Fsp3) is 0.214. The Morgan fingerprint density at radius 3 is 2.17 bits per heavy atom. The normalized spacial score (nSPS) is 12.0. The van der Waals surface area contributed by atoms with Gasteiger partial charge in [-0.15, -0.1) is 0 Å². The number of hydrogen-bond donors (Lipinski definition) is 1. The van der Waals surface area contributed by atoms with E-state index in [2.05, 4.69) is 15.3 Å². The molecule has 0 saturated heterocycles. The molecule has 0 unspecified atom stereocenters. The van der Waals surface area contributed by atoms with E-state index < -0.39 is 38.4 Å². The molecule has 0 fully saturated rings. The zero-order chi connectivity index (χ0) is 18.0. The molecule has 0 bridgehead atoms. The number of amides is 1. The van der Waals surface area contributed by atoms with Crippen molar-refractivity contribution in [1.82, 2.24) is 9.97 Å². The van der Waals surface area contributed by atoms with Crippen molar-refractivity contribution in [3.05, 3.63) is 47.8 Å². The maximum atomic E-state index is 12.4. The highest BCUT2D eigenvalue weighted by Gasteiger charge is 2.30. The first-order chi connectivity index (χ1) is 11.1. The number of carbonyl (C=O) groups is 1. The summed E-state index contributed by atoms with van der Waals surface area (Å²) in [5.41, 5.74) is -0.169. The number of sulfone groups is 1. The first-order valence-electron chi connectivity index (χ1n) is 6.56. The van der Waals surface area contributed by atoms with Gasteiger partial charge in [-0.25, -0.2) is 18.4 Å². The third-order valence-electron chi connectivity index (χ3n) is 2.85. The SMILES string of the molecule is Cc1cnc(S(=O)(=O)CC(=O)Nc2ccc(C(F)(F)F)cc2)nc1. The lowest BCUT2D eigenvalue weighted by Gasteiger charge is -2.09. The van der Waals surface area contributed by atoms with E-state index in [0.29, 0.717) is 5.56 Å². The van der Waals surface area contributed by atoms with Crippen LogP contribution in [0.15, 0.2) is 41.8 Å². The molecule has 24 heavy (non-hydrogen) atoms. The summed E-state index contributed by atoms with van der Waals surface area (Å²) in [7, 11) is -4.04. The Hall–Kier alpha value is -2.49. The van der Waals surface area contributed by atoms with Crippen LogP contribution in [0.2, 0.25) is 0 Å². The topological polar surface area (TPSA) is 89.0 Å². The maximum Gasteiger partial charge on any atom is 0.416 e. The molecule has 6 nitrogen and oxygen atoms in total. The third-order valence-corrected chi connectivity index (χ3v) is 4.26. The molecule has 10 heteroatoms. The number of hydrogen-bond acceptors (Lipinski definition) is 5. The Labute approximate surface area is 135 Å². The van der Waals surface area contributed by atoms with Crippen LogP contribution in [-0.2, 0) is 20.8 Å². The van der Waals surface area contributed by atoms with Crippen molar-refractivity contribution in [1.29, 1.82) is 0 Å². The zero-order valence-electron chi connectivity index (χ0n) is 12.3. The number of rotatable bonds is 4. The quantitative estimate of drug-likeness (QED) is 0.846. The number of aromatic nitrogens is 2. The molecule has 0 saturated carbocycles. The summed E-state index contributed by atoms with van der Waals surface area (Å²) in [5.74, 6) is -1.82. The molecule has 1 aromatic heterocycles. The molecule has 1 aromatic carbocycles. The molecule has 0 atom stereocenters. The van der Waals surface area contributed by atoms with E-state index in [1.807, 2.05) is 0 Å². The molecule has 1 heterocycles. The first-order valence-corrected chi connectivity index (χ1v) is 8.22. The lowest BCUT2D eigenvalue weighted by molar-refractivity contribution is -0.137. The second-order valence-corrected chi connectivity index (χ2v) is 6.81. The minimum absolute atomic E-state index is 0.0491. The number of nitrogens with one attached hydrogen (secondary N) is 1. The van der Waals surface area contributed by atoms with Gasteiger partial charge in [-0.2, -0.15) is 13.2 Å². The molecule has 0 aliphatic heterocycles. The van der Waals surface area contributed by atoms with Crippen molar-refractivity contribution in [2.45, 2.75) is 18.3 Å². The van der Waals surface area contributed by atoms with Gasteiger partial charge in [0.2, 0.25) is 20.9 Å². The van der Waals surface area contributed by atoms with Gasteiger partial charge in [-0.1, -0.05) is 0 Å². The maximum absolute atomic E-state index is 12.4. The Morgan fingerprint density at radius 1 is 1.12 bits per heavy atom. The summed E-state index contributed by atoms with van der Waals surface area (Å²) in [6.07, 6.45) is -1.89. The number of alkyl halides is 3. The molecule has 2 rings (SSSR count). The summed E-state index contributed by atoms with van der Waals surface area (Å²) in [6.45, 7) is 1.67. The molecule has 0 aliphatic carbocycles. The van der Waals surface area contributed by atoms with Crippen LogP contribution < -0.4 is 5.32 Å². The Kier molecular flexibility index (Phi) is 4.88. The summed E-state index contributed by atoms with van der Waals surface area (Å²) in [4.78, 5) is 19.1. The van der Waals surface area contributed by atoms with Gasteiger partial charge in [-0.3, -0.25) is 4.79 Å². The van der Waals surface area contributed by atoms with Crippen molar-refractivity contribution in [3.8, 4) is 0 Å². The summed E-state index contributed by atoms with van der Waals surface area (Å²) >= 11 is 0. The van der Waals surface area contributed by atoms with Crippen molar-refractivity contribution in [3.63, 3.8) is 0 Å². The number of aryl methyl sites for hydroxylation is 1. The van der Waals surface area contributed by atoms with Crippen LogP contribution in [0.5, 0.6) is 0 Å². The third kappa shape index (κ3) is 4.51. The number of carbonyl (C=O) groups excluding carboxylic acids is 1. The Bertz CT molecular complexity index is 832. The van der Waals surface area contributed by atoms with Crippen molar-refractivity contribution in [2.75, 3.05) is 11.1 Å². The second-order valence-electron chi connectivity index (χ2n) is 4.93. The molecule has 1 amide bonds. The summed E-state index contributed by atoms with van der Waals surface area (Å²) < 4.78 is 61.3. The Morgan fingerprint density at radius 2 is 1.67 bits per heavy atom. The summed E-state index contributed by atoms with van der Waals surface area (Å²) in [6, 6.07) is 3.64. The van der Waals surface area contributed by atoms with E-state index in [1.54, 1.807) is 6.92 Å². The fourth-order valence-corrected chi connectivity index (χ4v) is 2.69. The molecule has 1 N–H and O–H groups in total. The lowest BCUT2D eigenvalue weighted by atomic mass is 10.2. The highest BCUT2D eigenvalue weighted by molar-refractivity contribution is 7.91. The molecular formula is C14H12F3N3O3S. The molecular weight excluding hydrogens is 347 g/mol. The van der Waals surface area contributed by atoms with E-state index in [-0.39, 0.29) is 5.69 Å². The fourth-order valence-electron chi connectivity index (χ4n) is 1.72. The van der Waals surface area contributed by atoms with Crippen LogP contribution in [0.3, 0.4) is 0 Å². The highest BCUT2D eigenvalue weighted by Crippen LogP contribution is 2.29. The molecule has 0 spiro atoms. The lowest BCUT2D eigenvalue weighted by Crippen LogP contribution is -2.24. The van der Waals surface area contributed by atoms with Crippen molar-refractivity contribution in [2.24, 2.45) is 0 Å². The van der Waals surface area contributed by atoms with Crippen LogP contribution in [-0.4, -0.2) is 30.0 Å². The molecule has 2 aromatic rings. The van der Waals surface area contributed by atoms with Gasteiger partial charge in [0.1, 0.15) is 5.75 Å². The molecule has 0 radical (unpaired) electrons. The second kappa shape index (κ2) is 6.56. The number of benzene rings is 1. The van der Waals surface area contributed by atoms with Crippen LogP contribution >= 0.6 is 0 Å². The molecule has 0 aliphatic rings. The number of anilines is 1. The standard InChI is InChI=1S/C14H12F3N3O3S/c1-9-6-18-13(19-7-9)24(22,23)8-12(21)20-11-4-2-10(3-5-11)14(15,16)17/h2-7H,8H2,1H3,(H,20,21). The zero-order valence-corrected chi connectivity index (χ0v) is 13.1. The minimum Gasteiger partial charge on any atom is -0.325 e. The molecule has 128 valence electrons. The van der Waals surface area contributed by atoms with Crippen LogP contribution in [0.1, 0.15) is 11.1 Å². The largest absolute Gasteiger partial charge is 0.416 e. The number of nitrogens with zero attached hydrogens (tertiary/aromatic N) is 2. The van der Waals surface area contributed by atoms with Crippen molar-refractivity contribution >= 4 is 21.4 Å². The smallest absolute Gasteiger partial charge is 0.325 e. The van der Waals surface area contributed by atoms with Crippen molar-refractivity contribution < 1.29 is 26.4 Å². The van der Waals surface area contributed by atoms with Crippen LogP contribution in [0.4, 0.5) is 18.9 Å². The monoisotopic (exact) mass is 359 g/mol. The van der Waals surface area contributed by atoms with E-state index in [1.165, 1.54) is 12.4 Å². The van der Waals surface area contributed by atoms with E-state index in [4.69, 9.17) is 0 Å². The minimum atomic E-state index is -4.49. The van der Waals surface area contributed by atoms with Crippen LogP contribution in [0.25, 0.3) is 0 Å². The first kappa shape index (κ1) is 17.9. The predicted octanol–water partition coefficient (Wildman–Crippen LogP) is 2.22. The Balaban J connectivity index is 2.06. The number of halogens is 3. The summed E-state index contributed by atoms with van der Waals surface area (Å²) in [5, 5.41) is 1.73. The van der Waals surface area contributed by atoms with Gasteiger partial charge in [0.25, 0.3) is 0 Å². The van der Waals surface area contributed by atoms with Gasteiger partial charge in [0.05, 0.1) is 5.56 Å². The van der Waals surface area contributed by atoms with Gasteiger partial charge in [0, 0.05) is 18.1 Å². The van der Waals surface area contributed by atoms with Crippen LogP contribution in [0, 0.1) is 6.92 Å². The van der Waals surface area contributed by atoms with Gasteiger partial charge < -0.3 is 5.32 Å². The van der Waals surface area contributed by atoms with Gasteiger partial charge in [0.15, 0.2) is 0 Å². The average Bonchev–Trinajstić information content (AvgIpc) is 2.46. The highest BCUT2D eigenvalue weighted by atomic mass is 32.2. The predicted molar refractivity (Wildman–Crippen MR) is 78.9 cm³/mol. The van der Waals surface area contributed by atoms with E-state index in [9.17, 15) is 26.4 Å². The van der Waals surface area contributed by atoms with E-state index >= 15 is 0 Å². The van der Waals surface area contributed by atoms with E-state index in [0.717, 1.165) is 24.3 Å².